The first-order valence-electron chi connectivity index (χ1n) is 8.19. The van der Waals surface area contributed by atoms with Crippen molar-refractivity contribution in [1.29, 1.82) is 0 Å². The molecule has 1 aliphatic heterocycles. The summed E-state index contributed by atoms with van der Waals surface area (Å²) in [6.45, 7) is 1.42. The molecule has 1 atom stereocenters. The van der Waals surface area contributed by atoms with Crippen LogP contribution in [0.3, 0.4) is 0 Å². The Balaban J connectivity index is 1.42. The number of hydrogen-bond acceptors (Lipinski definition) is 4. The summed E-state index contributed by atoms with van der Waals surface area (Å²) >= 11 is 1.65. The summed E-state index contributed by atoms with van der Waals surface area (Å²) in [5.74, 6) is 0.0791. The fraction of sp³-hybridized carbons (Fsp3) is 0.444. The lowest BCUT2D eigenvalue weighted by Crippen LogP contribution is -2.31. The van der Waals surface area contributed by atoms with Gasteiger partial charge >= 0.3 is 0 Å². The molecule has 1 N–H and O–H groups in total. The van der Waals surface area contributed by atoms with E-state index in [1.807, 2.05) is 18.2 Å². The summed E-state index contributed by atoms with van der Waals surface area (Å²) in [6.07, 6.45) is 4.63. The minimum Gasteiger partial charge on any atom is -0.378 e. The number of amides is 1. The molecule has 0 saturated carbocycles. The lowest BCUT2D eigenvalue weighted by atomic mass is 10.1. The Morgan fingerprint density at radius 1 is 1.30 bits per heavy atom. The molecule has 1 aromatic heterocycles. The standard InChI is InChI=1S/C18H22N2O2S/c21-17(12-16-8-4-5-11-22-16)19-10-9-15-13-23-18(20-15)14-6-2-1-3-7-14/h1-3,6-7,13,16H,4-5,8-12H2,(H,19,21). The van der Waals surface area contributed by atoms with Crippen molar-refractivity contribution in [3.63, 3.8) is 0 Å². The van der Waals surface area contributed by atoms with Gasteiger partial charge in [0.2, 0.25) is 5.91 Å². The number of carbonyl (C=O) groups excluding carboxylic acids is 1. The number of nitrogens with zero attached hydrogens (tertiary/aromatic N) is 1. The molecule has 2 heterocycles. The third kappa shape index (κ3) is 4.88. The van der Waals surface area contributed by atoms with Gasteiger partial charge < -0.3 is 10.1 Å². The second-order valence-corrected chi connectivity index (χ2v) is 6.66. The quantitative estimate of drug-likeness (QED) is 0.883. The van der Waals surface area contributed by atoms with Gasteiger partial charge in [-0.05, 0) is 19.3 Å². The van der Waals surface area contributed by atoms with Crippen LogP contribution in [0.2, 0.25) is 0 Å². The SMILES string of the molecule is O=C(CC1CCCCO1)NCCc1csc(-c2ccccc2)n1. The minimum absolute atomic E-state index is 0.0791. The molecule has 1 aliphatic rings. The third-order valence-corrected chi connectivity index (χ3v) is 4.90. The molecule has 1 amide bonds. The lowest BCUT2D eigenvalue weighted by Gasteiger charge is -2.21. The van der Waals surface area contributed by atoms with E-state index in [9.17, 15) is 4.79 Å². The number of aromatic nitrogens is 1. The molecule has 0 aliphatic carbocycles. The van der Waals surface area contributed by atoms with E-state index < -0.39 is 0 Å². The van der Waals surface area contributed by atoms with Gasteiger partial charge in [-0.1, -0.05) is 30.3 Å². The highest BCUT2D eigenvalue weighted by Gasteiger charge is 2.17. The van der Waals surface area contributed by atoms with E-state index in [0.29, 0.717) is 13.0 Å². The Hall–Kier alpha value is -1.72. The van der Waals surface area contributed by atoms with Crippen LogP contribution in [0.4, 0.5) is 0 Å². The van der Waals surface area contributed by atoms with Crippen molar-refractivity contribution in [1.82, 2.24) is 10.3 Å². The smallest absolute Gasteiger partial charge is 0.222 e. The second-order valence-electron chi connectivity index (χ2n) is 5.80. The normalized spacial score (nSPS) is 17.8. The summed E-state index contributed by atoms with van der Waals surface area (Å²) in [6, 6.07) is 10.2. The minimum atomic E-state index is 0.0791. The van der Waals surface area contributed by atoms with E-state index in [1.54, 1.807) is 11.3 Å². The van der Waals surface area contributed by atoms with Crippen molar-refractivity contribution in [2.75, 3.05) is 13.2 Å². The number of benzene rings is 1. The van der Waals surface area contributed by atoms with Gasteiger partial charge in [0.05, 0.1) is 18.2 Å². The lowest BCUT2D eigenvalue weighted by molar-refractivity contribution is -0.124. The second kappa shape index (κ2) is 8.22. The molecule has 1 unspecified atom stereocenters. The molecule has 0 spiro atoms. The van der Waals surface area contributed by atoms with Crippen molar-refractivity contribution < 1.29 is 9.53 Å². The third-order valence-electron chi connectivity index (χ3n) is 3.96. The number of thiazole rings is 1. The molecule has 23 heavy (non-hydrogen) atoms. The van der Waals surface area contributed by atoms with Gasteiger partial charge in [0, 0.05) is 30.5 Å². The average molecular weight is 330 g/mol. The first-order chi connectivity index (χ1) is 11.3. The zero-order valence-corrected chi connectivity index (χ0v) is 14.0. The molecule has 5 heteroatoms. The summed E-state index contributed by atoms with van der Waals surface area (Å²) in [5.41, 5.74) is 2.17. The monoisotopic (exact) mass is 330 g/mol. The van der Waals surface area contributed by atoms with E-state index in [-0.39, 0.29) is 12.0 Å². The Morgan fingerprint density at radius 3 is 2.96 bits per heavy atom. The summed E-state index contributed by atoms with van der Waals surface area (Å²) in [7, 11) is 0. The van der Waals surface area contributed by atoms with Gasteiger partial charge in [0.15, 0.2) is 0 Å². The van der Waals surface area contributed by atoms with E-state index in [0.717, 1.165) is 42.1 Å². The fourth-order valence-electron chi connectivity index (χ4n) is 2.71. The van der Waals surface area contributed by atoms with Crippen LogP contribution in [0.5, 0.6) is 0 Å². The molecule has 1 saturated heterocycles. The molecule has 0 radical (unpaired) electrons. The van der Waals surface area contributed by atoms with Gasteiger partial charge in [-0.2, -0.15) is 0 Å². The summed E-state index contributed by atoms with van der Waals surface area (Å²) in [5, 5.41) is 6.07. The number of nitrogens with one attached hydrogen (secondary N) is 1. The Morgan fingerprint density at radius 2 is 2.17 bits per heavy atom. The summed E-state index contributed by atoms with van der Waals surface area (Å²) < 4.78 is 5.59. The van der Waals surface area contributed by atoms with Crippen LogP contribution >= 0.6 is 11.3 Å². The molecule has 2 aromatic rings. The molecule has 3 rings (SSSR count). The summed E-state index contributed by atoms with van der Waals surface area (Å²) in [4.78, 5) is 16.6. The van der Waals surface area contributed by atoms with Crippen molar-refractivity contribution in [2.45, 2.75) is 38.2 Å². The molecule has 1 fully saturated rings. The maximum atomic E-state index is 11.9. The Kier molecular flexibility index (Phi) is 5.77. The Labute approximate surface area is 140 Å². The molecule has 1 aromatic carbocycles. The molecule has 4 nitrogen and oxygen atoms in total. The predicted octanol–water partition coefficient (Wildman–Crippen LogP) is 3.43. The molecular formula is C18H22N2O2S. The van der Waals surface area contributed by atoms with E-state index in [4.69, 9.17) is 4.74 Å². The van der Waals surface area contributed by atoms with Crippen LogP contribution in [0.25, 0.3) is 10.6 Å². The average Bonchev–Trinajstić information content (AvgIpc) is 3.05. The zero-order valence-electron chi connectivity index (χ0n) is 13.2. The predicted molar refractivity (Wildman–Crippen MR) is 92.5 cm³/mol. The van der Waals surface area contributed by atoms with E-state index >= 15 is 0 Å². The van der Waals surface area contributed by atoms with Crippen molar-refractivity contribution in [2.24, 2.45) is 0 Å². The van der Waals surface area contributed by atoms with Gasteiger partial charge in [0.1, 0.15) is 5.01 Å². The number of carbonyl (C=O) groups is 1. The van der Waals surface area contributed by atoms with Gasteiger partial charge in [0.25, 0.3) is 0 Å². The highest BCUT2D eigenvalue weighted by Crippen LogP contribution is 2.23. The Bertz CT molecular complexity index is 621. The van der Waals surface area contributed by atoms with Crippen molar-refractivity contribution in [3.05, 3.63) is 41.4 Å². The number of rotatable bonds is 6. The first-order valence-corrected chi connectivity index (χ1v) is 9.07. The zero-order chi connectivity index (χ0) is 15.9. The topological polar surface area (TPSA) is 51.2 Å². The van der Waals surface area contributed by atoms with Crippen molar-refractivity contribution in [3.8, 4) is 10.6 Å². The van der Waals surface area contributed by atoms with Crippen molar-refractivity contribution >= 4 is 17.2 Å². The maximum Gasteiger partial charge on any atom is 0.222 e. The highest BCUT2D eigenvalue weighted by molar-refractivity contribution is 7.13. The number of ether oxygens (including phenoxy) is 1. The highest BCUT2D eigenvalue weighted by atomic mass is 32.1. The van der Waals surface area contributed by atoms with Crippen LogP contribution in [0.1, 0.15) is 31.4 Å². The van der Waals surface area contributed by atoms with Gasteiger partial charge in [-0.3, -0.25) is 4.79 Å². The van der Waals surface area contributed by atoms with E-state index in [2.05, 4.69) is 27.8 Å². The maximum absolute atomic E-state index is 11.9. The largest absolute Gasteiger partial charge is 0.378 e. The van der Waals surface area contributed by atoms with Crippen LogP contribution in [0.15, 0.2) is 35.7 Å². The fourth-order valence-corrected chi connectivity index (χ4v) is 3.57. The molecule has 122 valence electrons. The van der Waals surface area contributed by atoms with Crippen LogP contribution in [-0.2, 0) is 16.0 Å². The van der Waals surface area contributed by atoms with Gasteiger partial charge in [-0.15, -0.1) is 11.3 Å². The molecular weight excluding hydrogens is 308 g/mol. The van der Waals surface area contributed by atoms with Gasteiger partial charge in [-0.25, -0.2) is 4.98 Å². The number of hydrogen-bond donors (Lipinski definition) is 1. The molecule has 0 bridgehead atoms. The van der Waals surface area contributed by atoms with Crippen LogP contribution in [-0.4, -0.2) is 30.1 Å². The van der Waals surface area contributed by atoms with Crippen LogP contribution in [0, 0.1) is 0 Å². The first kappa shape index (κ1) is 16.1. The van der Waals surface area contributed by atoms with E-state index in [1.165, 1.54) is 6.42 Å². The van der Waals surface area contributed by atoms with Crippen LogP contribution < -0.4 is 5.32 Å².